The summed E-state index contributed by atoms with van der Waals surface area (Å²) in [5.74, 6) is 0.788. The number of hydrogen-bond acceptors (Lipinski definition) is 3. The Morgan fingerprint density at radius 2 is 1.86 bits per heavy atom. The number of ether oxygens (including phenoxy) is 1. The molecule has 0 saturated heterocycles. The van der Waals surface area contributed by atoms with Gasteiger partial charge in [-0.15, -0.1) is 0 Å². The van der Waals surface area contributed by atoms with Crippen LogP contribution in [0.15, 0.2) is 42.5 Å². The normalized spacial score (nSPS) is 13.3. The topological polar surface area (TPSA) is 32.8 Å². The molecule has 22 heavy (non-hydrogen) atoms. The summed E-state index contributed by atoms with van der Waals surface area (Å²) in [5, 5.41) is 0. The second-order valence-electron chi connectivity index (χ2n) is 5.72. The molecule has 1 amide bonds. The molecule has 0 aromatic heterocycles. The van der Waals surface area contributed by atoms with Gasteiger partial charge in [0.25, 0.3) is 5.91 Å². The molecule has 0 saturated carbocycles. The molecule has 1 heterocycles. The third-order valence-electron chi connectivity index (χ3n) is 3.85. The van der Waals surface area contributed by atoms with Crippen LogP contribution in [0.5, 0.6) is 5.75 Å². The number of benzene rings is 2. The Labute approximate surface area is 130 Å². The minimum absolute atomic E-state index is 0.0143. The molecule has 0 radical (unpaired) electrons. The van der Waals surface area contributed by atoms with Gasteiger partial charge >= 0.3 is 0 Å². The molecule has 1 aliphatic heterocycles. The molecule has 0 fully saturated rings. The number of hydrogen-bond donors (Lipinski definition) is 0. The quantitative estimate of drug-likeness (QED) is 0.853. The van der Waals surface area contributed by atoms with Crippen molar-refractivity contribution in [2.24, 2.45) is 0 Å². The summed E-state index contributed by atoms with van der Waals surface area (Å²) in [5.41, 5.74) is 3.74. The molecular formula is C18H20N2O2. The summed E-state index contributed by atoms with van der Waals surface area (Å²) in [7, 11) is 3.97. The second kappa shape index (κ2) is 5.72. The van der Waals surface area contributed by atoms with Crippen LogP contribution in [0.1, 0.15) is 15.9 Å². The minimum atomic E-state index is 0.0143. The Morgan fingerprint density at radius 1 is 1.14 bits per heavy atom. The van der Waals surface area contributed by atoms with Crippen LogP contribution in [0.25, 0.3) is 0 Å². The Morgan fingerprint density at radius 3 is 2.55 bits per heavy atom. The number of carbonyl (C=O) groups is 1. The van der Waals surface area contributed by atoms with E-state index in [1.165, 1.54) is 0 Å². The third-order valence-corrected chi connectivity index (χ3v) is 3.85. The van der Waals surface area contributed by atoms with Crippen molar-refractivity contribution in [2.45, 2.75) is 6.92 Å². The molecule has 2 aromatic rings. The third kappa shape index (κ3) is 2.64. The Hall–Kier alpha value is -2.49. The van der Waals surface area contributed by atoms with E-state index >= 15 is 0 Å². The molecular weight excluding hydrogens is 276 g/mol. The van der Waals surface area contributed by atoms with Gasteiger partial charge in [-0.2, -0.15) is 0 Å². The molecule has 0 aliphatic carbocycles. The highest BCUT2D eigenvalue weighted by Crippen LogP contribution is 2.33. The number of carbonyl (C=O) groups excluding carboxylic acids is 1. The van der Waals surface area contributed by atoms with Crippen LogP contribution < -0.4 is 14.5 Å². The molecule has 2 aromatic carbocycles. The summed E-state index contributed by atoms with van der Waals surface area (Å²) < 4.78 is 5.64. The maximum atomic E-state index is 12.8. The Bertz CT molecular complexity index is 693. The van der Waals surface area contributed by atoms with E-state index in [0.717, 1.165) is 22.7 Å². The van der Waals surface area contributed by atoms with E-state index in [2.05, 4.69) is 0 Å². The highest BCUT2D eigenvalue weighted by atomic mass is 16.5. The molecule has 4 nitrogen and oxygen atoms in total. The van der Waals surface area contributed by atoms with Crippen LogP contribution >= 0.6 is 0 Å². The highest BCUT2D eigenvalue weighted by Gasteiger charge is 2.24. The molecule has 4 heteroatoms. The zero-order chi connectivity index (χ0) is 15.7. The summed E-state index contributed by atoms with van der Waals surface area (Å²) in [6.07, 6.45) is 0. The van der Waals surface area contributed by atoms with Crippen molar-refractivity contribution >= 4 is 17.3 Å². The van der Waals surface area contributed by atoms with E-state index < -0.39 is 0 Å². The standard InChI is InChI=1S/C18H20N2O2/c1-13-4-9-17-16(12-13)20(10-11-22-17)18(21)14-5-7-15(8-6-14)19(2)3/h4-9,12H,10-11H2,1-3H3. The summed E-state index contributed by atoms with van der Waals surface area (Å²) in [6, 6.07) is 13.6. The minimum Gasteiger partial charge on any atom is -0.490 e. The monoisotopic (exact) mass is 296 g/mol. The number of nitrogens with zero attached hydrogens (tertiary/aromatic N) is 2. The van der Waals surface area contributed by atoms with Gasteiger partial charge < -0.3 is 14.5 Å². The van der Waals surface area contributed by atoms with Crippen LogP contribution in [-0.2, 0) is 0 Å². The number of amides is 1. The molecule has 1 aliphatic rings. The lowest BCUT2D eigenvalue weighted by Gasteiger charge is -2.30. The van der Waals surface area contributed by atoms with Gasteiger partial charge in [0.15, 0.2) is 0 Å². The van der Waals surface area contributed by atoms with Gasteiger partial charge in [-0.1, -0.05) is 6.07 Å². The predicted octanol–water partition coefficient (Wildman–Crippen LogP) is 3.10. The molecule has 114 valence electrons. The molecule has 3 rings (SSSR count). The fourth-order valence-electron chi connectivity index (χ4n) is 2.60. The lowest BCUT2D eigenvalue weighted by Crippen LogP contribution is -2.38. The highest BCUT2D eigenvalue weighted by molar-refractivity contribution is 6.07. The SMILES string of the molecule is Cc1ccc2c(c1)N(C(=O)c1ccc(N(C)C)cc1)CCO2. The zero-order valence-corrected chi connectivity index (χ0v) is 13.2. The van der Waals surface area contributed by atoms with Crippen LogP contribution in [0.4, 0.5) is 11.4 Å². The average molecular weight is 296 g/mol. The molecule has 0 spiro atoms. The lowest BCUT2D eigenvalue weighted by atomic mass is 10.1. The summed E-state index contributed by atoms with van der Waals surface area (Å²) >= 11 is 0. The van der Waals surface area contributed by atoms with Gasteiger partial charge in [-0.25, -0.2) is 0 Å². The van der Waals surface area contributed by atoms with E-state index in [1.807, 2.05) is 68.4 Å². The fourth-order valence-corrected chi connectivity index (χ4v) is 2.60. The Balaban J connectivity index is 1.92. The molecule has 0 atom stereocenters. The average Bonchev–Trinajstić information content (AvgIpc) is 2.53. The van der Waals surface area contributed by atoms with Crippen LogP contribution in [-0.4, -0.2) is 33.2 Å². The smallest absolute Gasteiger partial charge is 0.258 e. The van der Waals surface area contributed by atoms with Crippen LogP contribution in [0, 0.1) is 6.92 Å². The van der Waals surface area contributed by atoms with Crippen molar-refractivity contribution in [2.75, 3.05) is 37.0 Å². The van der Waals surface area contributed by atoms with E-state index in [-0.39, 0.29) is 5.91 Å². The maximum absolute atomic E-state index is 12.8. The fraction of sp³-hybridized carbons (Fsp3) is 0.278. The van der Waals surface area contributed by atoms with Gasteiger partial charge in [0.1, 0.15) is 12.4 Å². The summed E-state index contributed by atoms with van der Waals surface area (Å²) in [6.45, 7) is 3.12. The van der Waals surface area contributed by atoms with Gasteiger partial charge in [0.05, 0.1) is 12.2 Å². The first-order valence-electron chi connectivity index (χ1n) is 7.39. The lowest BCUT2D eigenvalue weighted by molar-refractivity contribution is 0.0976. The Kier molecular flexibility index (Phi) is 3.75. The van der Waals surface area contributed by atoms with E-state index in [1.54, 1.807) is 4.90 Å². The first kappa shape index (κ1) is 14.4. The van der Waals surface area contributed by atoms with Gasteiger partial charge in [0.2, 0.25) is 0 Å². The van der Waals surface area contributed by atoms with E-state index in [9.17, 15) is 4.79 Å². The number of fused-ring (bicyclic) bond motifs is 1. The first-order valence-corrected chi connectivity index (χ1v) is 7.39. The summed E-state index contributed by atoms with van der Waals surface area (Å²) in [4.78, 5) is 16.6. The molecule has 0 unspecified atom stereocenters. The largest absolute Gasteiger partial charge is 0.490 e. The number of aryl methyl sites for hydroxylation is 1. The van der Waals surface area contributed by atoms with Crippen molar-refractivity contribution in [1.29, 1.82) is 0 Å². The van der Waals surface area contributed by atoms with Gasteiger partial charge in [0, 0.05) is 25.3 Å². The van der Waals surface area contributed by atoms with Crippen molar-refractivity contribution < 1.29 is 9.53 Å². The van der Waals surface area contributed by atoms with Crippen molar-refractivity contribution in [1.82, 2.24) is 0 Å². The zero-order valence-electron chi connectivity index (χ0n) is 13.2. The van der Waals surface area contributed by atoms with E-state index in [4.69, 9.17) is 4.74 Å². The van der Waals surface area contributed by atoms with Crippen LogP contribution in [0.3, 0.4) is 0 Å². The number of rotatable bonds is 2. The van der Waals surface area contributed by atoms with Gasteiger partial charge in [-0.05, 0) is 48.9 Å². The number of anilines is 2. The van der Waals surface area contributed by atoms with Crippen molar-refractivity contribution in [3.63, 3.8) is 0 Å². The molecule has 0 N–H and O–H groups in total. The predicted molar refractivity (Wildman–Crippen MR) is 89.1 cm³/mol. The van der Waals surface area contributed by atoms with Crippen molar-refractivity contribution in [3.05, 3.63) is 53.6 Å². The molecule has 0 bridgehead atoms. The van der Waals surface area contributed by atoms with Crippen molar-refractivity contribution in [3.8, 4) is 5.75 Å². The second-order valence-corrected chi connectivity index (χ2v) is 5.72. The first-order chi connectivity index (χ1) is 10.6. The van der Waals surface area contributed by atoms with E-state index in [0.29, 0.717) is 18.7 Å². The maximum Gasteiger partial charge on any atom is 0.258 e. The van der Waals surface area contributed by atoms with Gasteiger partial charge in [-0.3, -0.25) is 4.79 Å². The van der Waals surface area contributed by atoms with Crippen LogP contribution in [0.2, 0.25) is 0 Å².